The minimum absolute atomic E-state index is 0.00149. The van der Waals surface area contributed by atoms with Crippen LogP contribution in [-0.4, -0.2) is 55.9 Å². The number of carbonyl (C=O) groups is 1. The number of hydrogen-bond donors (Lipinski definition) is 2. The van der Waals surface area contributed by atoms with Gasteiger partial charge in [-0.2, -0.15) is 0 Å². The van der Waals surface area contributed by atoms with Crippen molar-refractivity contribution in [3.05, 3.63) is 40.7 Å². The normalized spacial score (nSPS) is 24.6. The highest BCUT2D eigenvalue weighted by molar-refractivity contribution is 7.89. The van der Waals surface area contributed by atoms with Crippen LogP contribution in [0.15, 0.2) is 23.0 Å². The summed E-state index contributed by atoms with van der Waals surface area (Å²) in [5.41, 5.74) is -2.29. The fourth-order valence-electron chi connectivity index (χ4n) is 3.60. The molecule has 170 valence electrons. The molecule has 12 heteroatoms. The van der Waals surface area contributed by atoms with E-state index in [1.54, 1.807) is 0 Å². The summed E-state index contributed by atoms with van der Waals surface area (Å²) in [6.45, 7) is 2.03. The highest BCUT2D eigenvalue weighted by atomic mass is 32.2. The molecule has 2 heterocycles. The van der Waals surface area contributed by atoms with Crippen LogP contribution in [0.1, 0.15) is 30.9 Å². The molecule has 3 rings (SSSR count). The van der Waals surface area contributed by atoms with E-state index in [4.69, 9.17) is 9.84 Å². The fourth-order valence-corrected chi connectivity index (χ4v) is 5.07. The Morgan fingerprint density at radius 3 is 2.61 bits per heavy atom. The number of allylic oxidation sites excluding steroid dienone is 1. The van der Waals surface area contributed by atoms with Crippen LogP contribution in [-0.2, 0) is 20.3 Å². The molecular weight excluding hydrogens is 439 g/mol. The quantitative estimate of drug-likeness (QED) is 0.720. The lowest BCUT2D eigenvalue weighted by Crippen LogP contribution is -2.53. The molecule has 1 saturated heterocycles. The number of guanidine groups is 1. The molecule has 1 aromatic rings. The van der Waals surface area contributed by atoms with Crippen LogP contribution in [0.5, 0.6) is 0 Å². The van der Waals surface area contributed by atoms with Crippen molar-refractivity contribution in [1.29, 1.82) is 0 Å². The van der Waals surface area contributed by atoms with Crippen molar-refractivity contribution in [3.63, 3.8) is 0 Å². The molecule has 0 aromatic heterocycles. The molecule has 31 heavy (non-hydrogen) atoms. The number of carboxylic acid groups (broad SMARTS) is 1. The molecule has 0 saturated carbocycles. The maximum absolute atomic E-state index is 14.7. The average Bonchev–Trinajstić information content (AvgIpc) is 2.68. The highest BCUT2D eigenvalue weighted by Crippen LogP contribution is 2.36. The Morgan fingerprint density at radius 1 is 1.35 bits per heavy atom. The van der Waals surface area contributed by atoms with Crippen molar-refractivity contribution < 1.29 is 36.2 Å². The molecule has 2 aliphatic rings. The predicted molar refractivity (Wildman–Crippen MR) is 106 cm³/mol. The lowest BCUT2D eigenvalue weighted by Gasteiger charge is -2.35. The second-order valence-corrected chi connectivity index (χ2v) is 9.64. The summed E-state index contributed by atoms with van der Waals surface area (Å²) in [5.74, 6) is -4.87. The van der Waals surface area contributed by atoms with E-state index >= 15 is 0 Å². The molecule has 1 fully saturated rings. The predicted octanol–water partition coefficient (Wildman–Crippen LogP) is 2.82. The minimum atomic E-state index is -4.11. The maximum Gasteiger partial charge on any atom is 0.411 e. The summed E-state index contributed by atoms with van der Waals surface area (Å²) in [4.78, 5) is 15.1. The summed E-state index contributed by atoms with van der Waals surface area (Å²) in [6, 6.07) is 1.94. The van der Waals surface area contributed by atoms with E-state index in [0.717, 1.165) is 25.3 Å². The van der Waals surface area contributed by atoms with Gasteiger partial charge in [-0.1, -0.05) is 0 Å². The first kappa shape index (κ1) is 23.1. The van der Waals surface area contributed by atoms with Crippen molar-refractivity contribution in [2.75, 3.05) is 26.0 Å². The molecule has 1 unspecified atom stereocenters. The summed E-state index contributed by atoms with van der Waals surface area (Å²) in [7, 11) is -3.02. The number of halogens is 3. The van der Waals surface area contributed by atoms with Gasteiger partial charge in [0, 0.05) is 31.7 Å². The van der Waals surface area contributed by atoms with Crippen molar-refractivity contribution in [3.8, 4) is 0 Å². The van der Waals surface area contributed by atoms with Crippen LogP contribution >= 0.6 is 0 Å². The summed E-state index contributed by atoms with van der Waals surface area (Å²) >= 11 is 0. The smallest absolute Gasteiger partial charge is 0.411 e. The van der Waals surface area contributed by atoms with Crippen molar-refractivity contribution >= 4 is 28.2 Å². The molecule has 1 atom stereocenters. The Balaban J connectivity index is 2.08. The molecule has 2 N–H and O–H groups in total. The number of sulfonamides is 1. The van der Waals surface area contributed by atoms with Crippen LogP contribution in [0.2, 0.25) is 0 Å². The Kier molecular flexibility index (Phi) is 6.33. The molecule has 0 bridgehead atoms. The van der Waals surface area contributed by atoms with Gasteiger partial charge in [-0.3, -0.25) is 5.32 Å². The Hall–Kier alpha value is -2.60. The second-order valence-electron chi connectivity index (χ2n) is 7.64. The van der Waals surface area contributed by atoms with E-state index in [-0.39, 0.29) is 5.56 Å². The molecule has 1 amide bonds. The van der Waals surface area contributed by atoms with Gasteiger partial charge in [0.1, 0.15) is 11.4 Å². The molecule has 8 nitrogen and oxygen atoms in total. The third kappa shape index (κ3) is 4.85. The van der Waals surface area contributed by atoms with E-state index in [2.05, 4.69) is 4.99 Å². The summed E-state index contributed by atoms with van der Waals surface area (Å²) in [6.07, 6.45) is 0.409. The van der Waals surface area contributed by atoms with Crippen LogP contribution < -0.4 is 5.32 Å². The van der Waals surface area contributed by atoms with E-state index < -0.39 is 62.3 Å². The van der Waals surface area contributed by atoms with Crippen molar-refractivity contribution in [1.82, 2.24) is 9.62 Å². The summed E-state index contributed by atoms with van der Waals surface area (Å²) in [5, 5.41) is 10.8. The Labute approximate surface area is 177 Å². The van der Waals surface area contributed by atoms with Crippen molar-refractivity contribution in [2.45, 2.75) is 25.3 Å². The van der Waals surface area contributed by atoms with Crippen LogP contribution in [0.25, 0.3) is 6.08 Å². The minimum Gasteiger partial charge on any atom is -0.465 e. The zero-order valence-corrected chi connectivity index (χ0v) is 17.7. The number of amides is 1. The number of nitrogens with one attached hydrogen (secondary N) is 1. The molecule has 0 radical (unpaired) electrons. The number of benzene rings is 1. The SMILES string of the molecule is CN1C(NC(=O)O)=NC(C)(c2cc(C=C(F)C3CCOCC3)cc(F)c2F)CS1(=O)=O. The first-order valence-electron chi connectivity index (χ1n) is 9.44. The van der Waals surface area contributed by atoms with Gasteiger partial charge in [0.2, 0.25) is 16.0 Å². The molecular formula is C19H22F3N3O5S. The van der Waals surface area contributed by atoms with Gasteiger partial charge in [-0.25, -0.2) is 35.7 Å². The van der Waals surface area contributed by atoms with E-state index in [1.165, 1.54) is 6.92 Å². The van der Waals surface area contributed by atoms with Gasteiger partial charge in [0.25, 0.3) is 0 Å². The lowest BCUT2D eigenvalue weighted by atomic mass is 9.91. The van der Waals surface area contributed by atoms with Gasteiger partial charge in [0.05, 0.1) is 5.75 Å². The van der Waals surface area contributed by atoms with Gasteiger partial charge < -0.3 is 9.84 Å². The summed E-state index contributed by atoms with van der Waals surface area (Å²) < 4.78 is 74.6. The van der Waals surface area contributed by atoms with Gasteiger partial charge in [-0.05, 0) is 43.5 Å². The van der Waals surface area contributed by atoms with Gasteiger partial charge >= 0.3 is 6.09 Å². The highest BCUT2D eigenvalue weighted by Gasteiger charge is 2.43. The number of rotatable bonds is 3. The Morgan fingerprint density at radius 2 is 2.00 bits per heavy atom. The number of nitrogens with zero attached hydrogens (tertiary/aromatic N) is 2. The zero-order chi connectivity index (χ0) is 23.0. The standard InChI is InChI=1S/C19H22F3N3O5S/c1-19(10-31(28,29)25(2)17(24-19)23-18(26)27)13-7-11(9-15(21)16(13)22)8-14(20)12-3-5-30-6-4-12/h7-9,12H,3-6,10H2,1-2H3,(H,23,24)(H,26,27). The first-order chi connectivity index (χ1) is 14.4. The molecule has 0 aliphatic carbocycles. The molecule has 0 spiro atoms. The zero-order valence-electron chi connectivity index (χ0n) is 16.9. The van der Waals surface area contributed by atoms with Gasteiger partial charge in [-0.15, -0.1) is 0 Å². The van der Waals surface area contributed by atoms with Crippen LogP contribution in [0.4, 0.5) is 18.0 Å². The van der Waals surface area contributed by atoms with E-state index in [9.17, 15) is 26.4 Å². The topological polar surface area (TPSA) is 108 Å². The molecule has 1 aromatic carbocycles. The van der Waals surface area contributed by atoms with Crippen molar-refractivity contribution in [2.24, 2.45) is 10.9 Å². The van der Waals surface area contributed by atoms with E-state index in [0.29, 0.717) is 30.4 Å². The monoisotopic (exact) mass is 461 g/mol. The average molecular weight is 461 g/mol. The van der Waals surface area contributed by atoms with Crippen LogP contribution in [0, 0.1) is 17.6 Å². The second kappa shape index (κ2) is 8.50. The number of ether oxygens (including phenoxy) is 1. The first-order valence-corrected chi connectivity index (χ1v) is 11.0. The number of hydrogen-bond acceptors (Lipinski definition) is 5. The lowest BCUT2D eigenvalue weighted by molar-refractivity contribution is 0.0705. The number of aliphatic imine (C=N–C) groups is 1. The maximum atomic E-state index is 14.7. The third-order valence-corrected chi connectivity index (χ3v) is 7.23. The largest absolute Gasteiger partial charge is 0.465 e. The molecule has 2 aliphatic heterocycles. The van der Waals surface area contributed by atoms with Gasteiger partial charge in [0.15, 0.2) is 11.6 Å². The fraction of sp³-hybridized carbons (Fsp3) is 0.474. The van der Waals surface area contributed by atoms with E-state index in [1.807, 2.05) is 5.32 Å². The van der Waals surface area contributed by atoms with Crippen LogP contribution in [0.3, 0.4) is 0 Å². The Bertz CT molecular complexity index is 1050. The third-order valence-electron chi connectivity index (χ3n) is 5.30.